The lowest BCUT2D eigenvalue weighted by Gasteiger charge is -2.44. The van der Waals surface area contributed by atoms with E-state index in [9.17, 15) is 19.2 Å². The van der Waals surface area contributed by atoms with E-state index in [4.69, 9.17) is 18.9 Å². The van der Waals surface area contributed by atoms with Crippen LogP contribution in [0.3, 0.4) is 0 Å². The van der Waals surface area contributed by atoms with Crippen LogP contribution in [0.2, 0.25) is 0 Å². The number of esters is 3. The Bertz CT molecular complexity index is 1160. The summed E-state index contributed by atoms with van der Waals surface area (Å²) in [5, 5.41) is 12.0. The first-order valence-corrected chi connectivity index (χ1v) is 12.9. The van der Waals surface area contributed by atoms with Crippen LogP contribution in [0.1, 0.15) is 47.6 Å². The summed E-state index contributed by atoms with van der Waals surface area (Å²) in [5.74, 6) is -1.67. The first kappa shape index (κ1) is 29.1. The van der Waals surface area contributed by atoms with Crippen LogP contribution in [0.15, 0.2) is 35.5 Å². The molecule has 206 valence electrons. The Morgan fingerprint density at radius 2 is 1.61 bits per heavy atom. The number of carbonyl (C=O) groups is 4. The van der Waals surface area contributed by atoms with Gasteiger partial charge in [0.1, 0.15) is 24.2 Å². The quantitative estimate of drug-likeness (QED) is 0.363. The fourth-order valence-corrected chi connectivity index (χ4v) is 5.38. The predicted molar refractivity (Wildman–Crippen MR) is 136 cm³/mol. The summed E-state index contributed by atoms with van der Waals surface area (Å²) in [6.45, 7) is 8.62. The Hall–Kier alpha value is -3.45. The number of rotatable bonds is 9. The molecular weight excluding hydrogens is 516 g/mol. The van der Waals surface area contributed by atoms with E-state index < -0.39 is 53.6 Å². The third-order valence-corrected chi connectivity index (χ3v) is 6.63. The van der Waals surface area contributed by atoms with E-state index in [1.54, 1.807) is 0 Å². The van der Waals surface area contributed by atoms with Crippen molar-refractivity contribution >= 4 is 35.6 Å². The minimum atomic E-state index is -1.16. The lowest BCUT2D eigenvalue weighted by atomic mass is 9.97. The average molecular weight is 549 g/mol. The number of ether oxygens (including phenoxy) is 4. The minimum Gasteiger partial charge on any atom is -0.463 e. The van der Waals surface area contributed by atoms with Gasteiger partial charge in [0.15, 0.2) is 23.2 Å². The van der Waals surface area contributed by atoms with Gasteiger partial charge in [0.05, 0.1) is 0 Å². The molecule has 0 radical (unpaired) electrons. The van der Waals surface area contributed by atoms with Crippen molar-refractivity contribution in [1.82, 2.24) is 20.1 Å². The number of nitrogens with zero attached hydrogens (tertiary/aromatic N) is 3. The Morgan fingerprint density at radius 1 is 0.974 bits per heavy atom. The number of benzene rings is 1. The second kappa shape index (κ2) is 12.9. The average Bonchev–Trinajstić information content (AvgIpc) is 3.25. The van der Waals surface area contributed by atoms with Crippen molar-refractivity contribution in [2.45, 2.75) is 82.5 Å². The molecule has 1 saturated heterocycles. The Labute approximate surface area is 224 Å². The van der Waals surface area contributed by atoms with Gasteiger partial charge in [0.2, 0.25) is 5.91 Å². The topological polar surface area (TPSA) is 148 Å². The zero-order valence-corrected chi connectivity index (χ0v) is 22.9. The van der Waals surface area contributed by atoms with Gasteiger partial charge in [-0.2, -0.15) is 0 Å². The third kappa shape index (κ3) is 7.32. The van der Waals surface area contributed by atoms with E-state index in [2.05, 4.69) is 15.5 Å². The van der Waals surface area contributed by atoms with Crippen LogP contribution >= 0.6 is 11.8 Å². The molecule has 0 aliphatic carbocycles. The van der Waals surface area contributed by atoms with Crippen molar-refractivity contribution in [3.63, 3.8) is 0 Å². The van der Waals surface area contributed by atoms with E-state index in [0.29, 0.717) is 11.0 Å². The van der Waals surface area contributed by atoms with E-state index in [1.807, 2.05) is 48.7 Å². The predicted octanol–water partition coefficient (Wildman–Crippen LogP) is 2.27. The van der Waals surface area contributed by atoms with Crippen LogP contribution in [-0.2, 0) is 38.1 Å². The number of hydrogen-bond donors (Lipinski definition) is 1. The van der Waals surface area contributed by atoms with Crippen molar-refractivity contribution in [2.24, 2.45) is 0 Å². The largest absolute Gasteiger partial charge is 0.463 e. The summed E-state index contributed by atoms with van der Waals surface area (Å²) in [6.07, 6.45) is -3.30. The lowest BCUT2D eigenvalue weighted by molar-refractivity contribution is -0.211. The number of nitrogens with one attached hydrogen (secondary N) is 1. The molecule has 1 amide bonds. The summed E-state index contributed by atoms with van der Waals surface area (Å²) < 4.78 is 24.4. The van der Waals surface area contributed by atoms with Gasteiger partial charge in [-0.05, 0) is 13.8 Å². The molecule has 12 nitrogen and oxygen atoms in total. The van der Waals surface area contributed by atoms with E-state index in [-0.39, 0.29) is 12.6 Å². The molecule has 38 heavy (non-hydrogen) atoms. The van der Waals surface area contributed by atoms with Crippen LogP contribution in [0.5, 0.6) is 0 Å². The standard InChI is InChI=1S/C25H32N4O8S/c1-13(2)29-23(18-10-8-7-9-11-18)27-28-25(29)38-24-20(26-14(3)30)22(36-17(6)33)21(35-16(5)32)19(37-24)12-34-15(4)31/h7-11,13,19-22,24H,12H2,1-6H3,(H,26,30)/t19-,20-,21-,22-,24-/m1/s1. The van der Waals surface area contributed by atoms with E-state index in [1.165, 1.54) is 27.7 Å². The van der Waals surface area contributed by atoms with Gasteiger partial charge in [-0.25, -0.2) is 0 Å². The third-order valence-electron chi connectivity index (χ3n) is 5.51. The van der Waals surface area contributed by atoms with Crippen molar-refractivity contribution in [3.05, 3.63) is 30.3 Å². The van der Waals surface area contributed by atoms with Gasteiger partial charge in [0.25, 0.3) is 0 Å². The summed E-state index contributed by atoms with van der Waals surface area (Å²) in [7, 11) is 0. The number of hydrogen-bond acceptors (Lipinski definition) is 11. The highest BCUT2D eigenvalue weighted by atomic mass is 32.2. The van der Waals surface area contributed by atoms with Crippen LogP contribution in [0.4, 0.5) is 0 Å². The van der Waals surface area contributed by atoms with Crippen LogP contribution < -0.4 is 5.32 Å². The van der Waals surface area contributed by atoms with Crippen LogP contribution in [0.25, 0.3) is 11.4 Å². The Kier molecular flexibility index (Phi) is 9.86. The van der Waals surface area contributed by atoms with Crippen molar-refractivity contribution in [2.75, 3.05) is 6.61 Å². The zero-order chi connectivity index (χ0) is 28.0. The fourth-order valence-electron chi connectivity index (χ4n) is 4.10. The second-order valence-electron chi connectivity index (χ2n) is 8.97. The molecule has 1 N–H and O–H groups in total. The molecule has 1 aliphatic rings. The molecule has 2 heterocycles. The van der Waals surface area contributed by atoms with Gasteiger partial charge in [-0.15, -0.1) is 10.2 Å². The van der Waals surface area contributed by atoms with Gasteiger partial charge in [-0.1, -0.05) is 42.1 Å². The number of thioether (sulfide) groups is 1. The van der Waals surface area contributed by atoms with Gasteiger partial charge in [0, 0.05) is 39.3 Å². The minimum absolute atomic E-state index is 0.0413. The monoisotopic (exact) mass is 548 g/mol. The van der Waals surface area contributed by atoms with Crippen molar-refractivity contribution in [1.29, 1.82) is 0 Å². The van der Waals surface area contributed by atoms with Gasteiger partial charge in [-0.3, -0.25) is 23.7 Å². The lowest BCUT2D eigenvalue weighted by Crippen LogP contribution is -2.65. The molecule has 1 fully saturated rings. The highest BCUT2D eigenvalue weighted by Gasteiger charge is 2.51. The summed E-state index contributed by atoms with van der Waals surface area (Å²) >= 11 is 1.15. The SMILES string of the molecule is CC(=O)N[C@@H]1[C@@H](OC(C)=O)[C@H](OC(C)=O)[C@@H](COC(C)=O)O[C@@H]1Sc1nnc(-c2ccccc2)n1C(C)C. The highest BCUT2D eigenvalue weighted by molar-refractivity contribution is 7.99. The molecule has 2 aromatic rings. The molecule has 13 heteroatoms. The molecule has 3 rings (SSSR count). The number of carbonyl (C=O) groups excluding carboxylic acids is 4. The first-order chi connectivity index (χ1) is 18.0. The molecule has 1 aliphatic heterocycles. The highest BCUT2D eigenvalue weighted by Crippen LogP contribution is 2.37. The fraction of sp³-hybridized carbons (Fsp3) is 0.520. The summed E-state index contributed by atoms with van der Waals surface area (Å²) in [4.78, 5) is 47.8. The molecule has 0 spiro atoms. The normalized spacial score (nSPS) is 23.0. The molecule has 0 saturated carbocycles. The Balaban J connectivity index is 2.05. The molecule has 1 aromatic carbocycles. The number of amides is 1. The number of aromatic nitrogens is 3. The summed E-state index contributed by atoms with van der Waals surface area (Å²) in [5.41, 5.74) is -0.0232. The molecule has 0 bridgehead atoms. The van der Waals surface area contributed by atoms with Crippen LogP contribution in [-0.4, -0.2) is 75.0 Å². The zero-order valence-electron chi connectivity index (χ0n) is 22.1. The smallest absolute Gasteiger partial charge is 0.303 e. The van der Waals surface area contributed by atoms with Gasteiger partial charge >= 0.3 is 17.9 Å². The van der Waals surface area contributed by atoms with Crippen LogP contribution in [0, 0.1) is 0 Å². The van der Waals surface area contributed by atoms with Crippen molar-refractivity contribution in [3.8, 4) is 11.4 Å². The summed E-state index contributed by atoms with van der Waals surface area (Å²) in [6, 6.07) is 8.56. The van der Waals surface area contributed by atoms with Gasteiger partial charge < -0.3 is 24.3 Å². The van der Waals surface area contributed by atoms with E-state index in [0.717, 1.165) is 17.3 Å². The van der Waals surface area contributed by atoms with E-state index >= 15 is 0 Å². The molecule has 1 aromatic heterocycles. The molecule has 5 atom stereocenters. The first-order valence-electron chi connectivity index (χ1n) is 12.0. The molecule has 0 unspecified atom stereocenters. The molecular formula is C25H32N4O8S. The van der Waals surface area contributed by atoms with Crippen molar-refractivity contribution < 1.29 is 38.1 Å². The maximum absolute atomic E-state index is 12.2. The Morgan fingerprint density at radius 3 is 2.16 bits per heavy atom. The second-order valence-corrected chi connectivity index (χ2v) is 10.0. The maximum atomic E-state index is 12.2. The maximum Gasteiger partial charge on any atom is 0.303 e.